The van der Waals surface area contributed by atoms with Gasteiger partial charge >= 0.3 is 0 Å². The average Bonchev–Trinajstić information content (AvgIpc) is 2.17. The molecular weight excluding hydrogens is 187 g/mol. The van der Waals surface area contributed by atoms with Crippen molar-refractivity contribution in [3.05, 3.63) is 53.9 Å². The van der Waals surface area contributed by atoms with Gasteiger partial charge in [-0.05, 0) is 29.7 Å². The first-order valence-corrected chi connectivity index (χ1v) is 5.22. The lowest BCUT2D eigenvalue weighted by atomic mass is 9.83. The summed E-state index contributed by atoms with van der Waals surface area (Å²) in [5, 5.41) is 0. The summed E-state index contributed by atoms with van der Waals surface area (Å²) in [6, 6.07) is 6.72. The number of hydrogen-bond donors (Lipinski definition) is 0. The van der Waals surface area contributed by atoms with Gasteiger partial charge in [0.25, 0.3) is 0 Å². The first-order chi connectivity index (χ1) is 7.07. The molecule has 0 aliphatic heterocycles. The van der Waals surface area contributed by atoms with Crippen LogP contribution in [0.15, 0.2) is 42.5 Å². The number of rotatable bonds is 1. The van der Waals surface area contributed by atoms with Crippen LogP contribution in [0.3, 0.4) is 0 Å². The van der Waals surface area contributed by atoms with Crippen molar-refractivity contribution in [2.75, 3.05) is 0 Å². The van der Waals surface area contributed by atoms with Crippen molar-refractivity contribution in [1.82, 2.24) is 0 Å². The molecule has 0 atom stereocenters. The SMILES string of the molecule is CC1(C)C=CCC(c2ccc(F)cc2)=C1. The Hall–Kier alpha value is -1.37. The van der Waals surface area contributed by atoms with Gasteiger partial charge in [0, 0.05) is 5.41 Å². The van der Waals surface area contributed by atoms with Gasteiger partial charge < -0.3 is 0 Å². The Morgan fingerprint density at radius 2 is 1.80 bits per heavy atom. The molecule has 0 saturated heterocycles. The van der Waals surface area contributed by atoms with Crippen molar-refractivity contribution in [3.8, 4) is 0 Å². The molecule has 2 rings (SSSR count). The van der Waals surface area contributed by atoms with E-state index >= 15 is 0 Å². The fraction of sp³-hybridized carbons (Fsp3) is 0.286. The lowest BCUT2D eigenvalue weighted by Gasteiger charge is -2.22. The predicted octanol–water partition coefficient (Wildman–Crippen LogP) is 4.20. The van der Waals surface area contributed by atoms with Gasteiger partial charge in [0.1, 0.15) is 5.82 Å². The van der Waals surface area contributed by atoms with Crippen LogP contribution in [0.2, 0.25) is 0 Å². The minimum absolute atomic E-state index is 0.113. The van der Waals surface area contributed by atoms with Crippen LogP contribution in [0.1, 0.15) is 25.8 Å². The molecule has 0 nitrogen and oxygen atoms in total. The minimum atomic E-state index is -0.176. The second-order valence-corrected chi connectivity index (χ2v) is 4.60. The molecular formula is C14H15F. The van der Waals surface area contributed by atoms with Gasteiger partial charge in [-0.1, -0.05) is 44.2 Å². The molecule has 1 heteroatoms. The molecule has 0 fully saturated rings. The Bertz CT molecular complexity index is 407. The van der Waals surface area contributed by atoms with E-state index in [4.69, 9.17) is 0 Å². The van der Waals surface area contributed by atoms with E-state index in [1.807, 2.05) is 12.1 Å². The summed E-state index contributed by atoms with van der Waals surface area (Å²) in [5.74, 6) is -0.176. The van der Waals surface area contributed by atoms with Crippen LogP contribution in [-0.2, 0) is 0 Å². The molecule has 1 aliphatic carbocycles. The molecule has 0 spiro atoms. The highest BCUT2D eigenvalue weighted by Crippen LogP contribution is 2.32. The van der Waals surface area contributed by atoms with Crippen LogP contribution < -0.4 is 0 Å². The number of benzene rings is 1. The zero-order valence-corrected chi connectivity index (χ0v) is 9.13. The first kappa shape index (κ1) is 10.2. The van der Waals surface area contributed by atoms with E-state index in [1.54, 1.807) is 0 Å². The summed E-state index contributed by atoms with van der Waals surface area (Å²) in [6.45, 7) is 4.35. The third-order valence-corrected chi connectivity index (χ3v) is 2.65. The molecule has 0 heterocycles. The standard InChI is InChI=1S/C14H15F/c1-14(2)9-3-4-12(10-14)11-5-7-13(15)8-6-11/h3,5-10H,4H2,1-2H3. The highest BCUT2D eigenvalue weighted by atomic mass is 19.1. The van der Waals surface area contributed by atoms with Gasteiger partial charge in [-0.25, -0.2) is 4.39 Å². The Balaban J connectivity index is 2.32. The van der Waals surface area contributed by atoms with Gasteiger partial charge in [-0.3, -0.25) is 0 Å². The van der Waals surface area contributed by atoms with Crippen molar-refractivity contribution in [1.29, 1.82) is 0 Å². The van der Waals surface area contributed by atoms with Gasteiger partial charge in [0.05, 0.1) is 0 Å². The Kier molecular flexibility index (Phi) is 2.47. The molecule has 0 unspecified atom stereocenters. The summed E-state index contributed by atoms with van der Waals surface area (Å²) in [6.07, 6.45) is 7.58. The molecule has 1 aromatic rings. The molecule has 15 heavy (non-hydrogen) atoms. The fourth-order valence-electron chi connectivity index (χ4n) is 1.91. The maximum Gasteiger partial charge on any atom is 0.123 e. The Morgan fingerprint density at radius 1 is 1.13 bits per heavy atom. The van der Waals surface area contributed by atoms with Crippen molar-refractivity contribution in [3.63, 3.8) is 0 Å². The Labute approximate surface area is 90.1 Å². The van der Waals surface area contributed by atoms with Crippen molar-refractivity contribution >= 4 is 5.57 Å². The summed E-state index contributed by atoms with van der Waals surface area (Å²) in [5.41, 5.74) is 2.51. The molecule has 1 aromatic carbocycles. The van der Waals surface area contributed by atoms with Crippen LogP contribution in [0.25, 0.3) is 5.57 Å². The number of halogens is 1. The van der Waals surface area contributed by atoms with E-state index < -0.39 is 0 Å². The molecule has 78 valence electrons. The van der Waals surface area contributed by atoms with Crippen LogP contribution in [-0.4, -0.2) is 0 Å². The van der Waals surface area contributed by atoms with Crippen molar-refractivity contribution in [2.24, 2.45) is 5.41 Å². The summed E-state index contributed by atoms with van der Waals surface area (Å²) < 4.78 is 12.8. The first-order valence-electron chi connectivity index (χ1n) is 5.22. The van der Waals surface area contributed by atoms with E-state index in [9.17, 15) is 4.39 Å². The van der Waals surface area contributed by atoms with E-state index in [2.05, 4.69) is 32.1 Å². The third kappa shape index (κ3) is 2.35. The molecule has 0 amide bonds. The second kappa shape index (κ2) is 3.65. The molecule has 1 aliphatic rings. The highest BCUT2D eigenvalue weighted by molar-refractivity contribution is 5.68. The topological polar surface area (TPSA) is 0 Å². The molecule has 0 saturated carbocycles. The van der Waals surface area contributed by atoms with E-state index in [1.165, 1.54) is 17.7 Å². The molecule has 0 aromatic heterocycles. The number of hydrogen-bond acceptors (Lipinski definition) is 0. The normalized spacial score (nSPS) is 18.7. The maximum atomic E-state index is 12.8. The van der Waals surface area contributed by atoms with Crippen LogP contribution in [0, 0.1) is 11.2 Å². The largest absolute Gasteiger partial charge is 0.207 e. The minimum Gasteiger partial charge on any atom is -0.207 e. The van der Waals surface area contributed by atoms with Crippen LogP contribution >= 0.6 is 0 Å². The molecule has 0 radical (unpaired) electrons. The Morgan fingerprint density at radius 3 is 2.40 bits per heavy atom. The predicted molar refractivity (Wildman–Crippen MR) is 61.9 cm³/mol. The van der Waals surface area contributed by atoms with Crippen LogP contribution in [0.4, 0.5) is 4.39 Å². The van der Waals surface area contributed by atoms with Gasteiger partial charge in [-0.2, -0.15) is 0 Å². The van der Waals surface area contributed by atoms with Crippen LogP contribution in [0.5, 0.6) is 0 Å². The van der Waals surface area contributed by atoms with Gasteiger partial charge in [0.15, 0.2) is 0 Å². The molecule has 0 bridgehead atoms. The van der Waals surface area contributed by atoms with E-state index in [0.29, 0.717) is 0 Å². The lowest BCUT2D eigenvalue weighted by molar-refractivity contribution is 0.618. The zero-order chi connectivity index (χ0) is 10.9. The fourth-order valence-corrected chi connectivity index (χ4v) is 1.91. The highest BCUT2D eigenvalue weighted by Gasteiger charge is 2.15. The summed E-state index contributed by atoms with van der Waals surface area (Å²) >= 11 is 0. The monoisotopic (exact) mass is 202 g/mol. The number of allylic oxidation sites excluding steroid dienone is 4. The third-order valence-electron chi connectivity index (χ3n) is 2.65. The maximum absolute atomic E-state index is 12.8. The van der Waals surface area contributed by atoms with Gasteiger partial charge in [0.2, 0.25) is 0 Å². The van der Waals surface area contributed by atoms with E-state index in [0.717, 1.165) is 12.0 Å². The average molecular weight is 202 g/mol. The summed E-state index contributed by atoms with van der Waals surface area (Å²) in [7, 11) is 0. The smallest absolute Gasteiger partial charge is 0.123 e. The molecule has 0 N–H and O–H groups in total. The second-order valence-electron chi connectivity index (χ2n) is 4.60. The van der Waals surface area contributed by atoms with Crippen molar-refractivity contribution in [2.45, 2.75) is 20.3 Å². The summed E-state index contributed by atoms with van der Waals surface area (Å²) in [4.78, 5) is 0. The quantitative estimate of drug-likeness (QED) is 0.599. The zero-order valence-electron chi connectivity index (χ0n) is 9.13. The van der Waals surface area contributed by atoms with E-state index in [-0.39, 0.29) is 11.2 Å². The van der Waals surface area contributed by atoms with Gasteiger partial charge in [-0.15, -0.1) is 0 Å². The van der Waals surface area contributed by atoms with Crippen molar-refractivity contribution < 1.29 is 4.39 Å². The lowest BCUT2D eigenvalue weighted by Crippen LogP contribution is -2.07.